The van der Waals surface area contributed by atoms with Crippen molar-refractivity contribution in [1.82, 2.24) is 0 Å². The highest BCUT2D eigenvalue weighted by molar-refractivity contribution is 6.62. The molecule has 2 bridgehead atoms. The lowest BCUT2D eigenvalue weighted by Crippen LogP contribution is -2.47. The molecular weight excluding hydrogens is 296 g/mol. The molecule has 4 nitrogen and oxygen atoms in total. The summed E-state index contributed by atoms with van der Waals surface area (Å²) in [5.74, 6) is 5.62. The second kappa shape index (κ2) is 4.79. The first kappa shape index (κ1) is 14.4. The van der Waals surface area contributed by atoms with Crippen molar-refractivity contribution in [3.8, 4) is 0 Å². The van der Waals surface area contributed by atoms with Crippen LogP contribution in [0.3, 0.4) is 0 Å². The standard InChI is InChI=1S/C17H28O4Si/c1-18-22(19-2,20-3)9-4-10-11(5-9)13-6-12(10)14-7-16-17(21-16)8-15(13)14/h9-17H,4-8H2,1-3H3. The maximum atomic E-state index is 5.84. The van der Waals surface area contributed by atoms with Gasteiger partial charge in [0.25, 0.3) is 0 Å². The van der Waals surface area contributed by atoms with Crippen LogP contribution in [0.1, 0.15) is 32.1 Å². The van der Waals surface area contributed by atoms with E-state index >= 15 is 0 Å². The molecule has 1 heterocycles. The minimum absolute atomic E-state index is 0.513. The largest absolute Gasteiger partial charge is 0.503 e. The number of hydrogen-bond acceptors (Lipinski definition) is 4. The van der Waals surface area contributed by atoms with E-state index in [0.717, 1.165) is 35.5 Å². The summed E-state index contributed by atoms with van der Waals surface area (Å²) in [6.07, 6.45) is 8.00. The van der Waals surface area contributed by atoms with Crippen LogP contribution in [-0.2, 0) is 18.0 Å². The first-order valence-electron chi connectivity index (χ1n) is 9.01. The average Bonchev–Trinajstić information content (AvgIpc) is 2.87. The molecule has 0 aromatic rings. The van der Waals surface area contributed by atoms with Gasteiger partial charge in [-0.05, 0) is 67.6 Å². The summed E-state index contributed by atoms with van der Waals surface area (Å²) in [4.78, 5) is 0. The summed E-state index contributed by atoms with van der Waals surface area (Å²) in [7, 11) is 2.85. The highest BCUT2D eigenvalue weighted by Crippen LogP contribution is 2.70. The molecule has 0 spiro atoms. The lowest BCUT2D eigenvalue weighted by atomic mass is 9.64. The van der Waals surface area contributed by atoms with Gasteiger partial charge in [-0.3, -0.25) is 0 Å². The first-order valence-corrected chi connectivity index (χ1v) is 10.8. The van der Waals surface area contributed by atoms with Crippen molar-refractivity contribution >= 4 is 8.80 Å². The van der Waals surface area contributed by atoms with Gasteiger partial charge in [-0.25, -0.2) is 0 Å². The second-order valence-electron chi connectivity index (χ2n) is 8.29. The van der Waals surface area contributed by atoms with E-state index < -0.39 is 8.80 Å². The molecule has 5 rings (SSSR count). The van der Waals surface area contributed by atoms with Crippen LogP contribution < -0.4 is 0 Å². The van der Waals surface area contributed by atoms with Crippen LogP contribution in [0.25, 0.3) is 0 Å². The van der Waals surface area contributed by atoms with Gasteiger partial charge < -0.3 is 18.0 Å². The monoisotopic (exact) mass is 324 g/mol. The normalized spacial score (nSPS) is 55.0. The predicted octanol–water partition coefficient (Wildman–Crippen LogP) is 2.70. The van der Waals surface area contributed by atoms with Crippen LogP contribution >= 0.6 is 0 Å². The Morgan fingerprint density at radius 1 is 0.636 bits per heavy atom. The number of rotatable bonds is 4. The van der Waals surface area contributed by atoms with E-state index in [2.05, 4.69) is 0 Å². The third kappa shape index (κ3) is 1.72. The van der Waals surface area contributed by atoms with Crippen molar-refractivity contribution in [3.63, 3.8) is 0 Å². The van der Waals surface area contributed by atoms with Crippen LogP contribution in [0.5, 0.6) is 0 Å². The van der Waals surface area contributed by atoms with Gasteiger partial charge in [-0.15, -0.1) is 0 Å². The van der Waals surface area contributed by atoms with Crippen LogP contribution in [-0.4, -0.2) is 42.3 Å². The third-order valence-electron chi connectivity index (χ3n) is 8.01. The van der Waals surface area contributed by atoms with Gasteiger partial charge in [0.1, 0.15) is 0 Å². The highest BCUT2D eigenvalue weighted by Gasteiger charge is 2.67. The molecule has 1 saturated heterocycles. The Labute approximate surface area is 134 Å². The third-order valence-corrected chi connectivity index (χ3v) is 11.2. The molecule has 4 saturated carbocycles. The van der Waals surface area contributed by atoms with Crippen LogP contribution in [0.15, 0.2) is 0 Å². The maximum absolute atomic E-state index is 5.84. The summed E-state index contributed by atoms with van der Waals surface area (Å²) in [6.45, 7) is 0. The summed E-state index contributed by atoms with van der Waals surface area (Å²) in [5, 5.41) is 0. The summed E-state index contributed by atoms with van der Waals surface area (Å²) in [6, 6.07) is 0. The Morgan fingerprint density at radius 3 is 1.50 bits per heavy atom. The fourth-order valence-electron chi connectivity index (χ4n) is 7.24. The minimum atomic E-state index is -2.46. The molecule has 124 valence electrons. The van der Waals surface area contributed by atoms with Gasteiger partial charge in [-0.2, -0.15) is 0 Å². The topological polar surface area (TPSA) is 40.2 Å². The average molecular weight is 324 g/mol. The molecule has 0 radical (unpaired) electrons. The van der Waals surface area contributed by atoms with Crippen molar-refractivity contribution in [2.24, 2.45) is 35.5 Å². The summed E-state index contributed by atoms with van der Waals surface area (Å²) < 4.78 is 23.2. The Hall–Kier alpha value is 0.0569. The predicted molar refractivity (Wildman–Crippen MR) is 83.2 cm³/mol. The van der Waals surface area contributed by atoms with Crippen molar-refractivity contribution in [1.29, 1.82) is 0 Å². The zero-order chi connectivity index (χ0) is 15.1. The Balaban J connectivity index is 1.38. The molecule has 4 aliphatic carbocycles. The quantitative estimate of drug-likeness (QED) is 0.589. The molecule has 0 N–H and O–H groups in total. The SMILES string of the molecule is CO[Si](OC)(OC)C1CC2C3CC(C4CC5OC5CC43)C2C1. The molecule has 0 aromatic carbocycles. The molecule has 1 aliphatic heterocycles. The van der Waals surface area contributed by atoms with Gasteiger partial charge in [0.15, 0.2) is 0 Å². The van der Waals surface area contributed by atoms with Gasteiger partial charge in [0, 0.05) is 26.9 Å². The van der Waals surface area contributed by atoms with Crippen LogP contribution in [0.2, 0.25) is 5.54 Å². The number of fused-ring (bicyclic) bond motifs is 9. The zero-order valence-electron chi connectivity index (χ0n) is 13.9. The Kier molecular flexibility index (Phi) is 3.14. The molecule has 5 heteroatoms. The second-order valence-corrected chi connectivity index (χ2v) is 11.5. The van der Waals surface area contributed by atoms with E-state index in [4.69, 9.17) is 18.0 Å². The molecule has 5 fully saturated rings. The van der Waals surface area contributed by atoms with Crippen LogP contribution in [0, 0.1) is 35.5 Å². The van der Waals surface area contributed by atoms with Crippen molar-refractivity contribution in [2.75, 3.05) is 21.3 Å². The van der Waals surface area contributed by atoms with E-state index in [1.807, 2.05) is 0 Å². The lowest BCUT2D eigenvalue weighted by molar-refractivity contribution is 0.0909. The Bertz CT molecular complexity index is 429. The van der Waals surface area contributed by atoms with E-state index in [1.54, 1.807) is 21.3 Å². The van der Waals surface area contributed by atoms with Gasteiger partial charge in [0.05, 0.1) is 12.2 Å². The fourth-order valence-corrected chi connectivity index (χ4v) is 9.86. The molecule has 0 amide bonds. The molecule has 8 atom stereocenters. The summed E-state index contributed by atoms with van der Waals surface area (Å²) >= 11 is 0. The van der Waals surface area contributed by atoms with Gasteiger partial charge in [-0.1, -0.05) is 0 Å². The smallest absolute Gasteiger partial charge is 0.377 e. The van der Waals surface area contributed by atoms with Crippen molar-refractivity contribution < 1.29 is 18.0 Å². The number of epoxide rings is 1. The van der Waals surface area contributed by atoms with E-state index in [1.165, 1.54) is 32.1 Å². The lowest BCUT2D eigenvalue weighted by Gasteiger charge is -2.39. The molecule has 22 heavy (non-hydrogen) atoms. The molecule has 5 aliphatic rings. The molecule has 8 unspecified atom stereocenters. The van der Waals surface area contributed by atoms with Crippen molar-refractivity contribution in [3.05, 3.63) is 0 Å². The fraction of sp³-hybridized carbons (Fsp3) is 1.00. The van der Waals surface area contributed by atoms with Gasteiger partial charge in [0.2, 0.25) is 0 Å². The van der Waals surface area contributed by atoms with E-state index in [-0.39, 0.29) is 0 Å². The number of hydrogen-bond donors (Lipinski definition) is 0. The Morgan fingerprint density at radius 2 is 1.05 bits per heavy atom. The summed E-state index contributed by atoms with van der Waals surface area (Å²) in [5.41, 5.74) is 0.513. The van der Waals surface area contributed by atoms with Crippen LogP contribution in [0.4, 0.5) is 0 Å². The highest BCUT2D eigenvalue weighted by atomic mass is 28.4. The minimum Gasteiger partial charge on any atom is -0.377 e. The zero-order valence-corrected chi connectivity index (χ0v) is 14.9. The maximum Gasteiger partial charge on any atom is 0.503 e. The first-order chi connectivity index (χ1) is 10.7. The molecular formula is C17H28O4Si. The van der Waals surface area contributed by atoms with Gasteiger partial charge >= 0.3 is 8.80 Å². The van der Waals surface area contributed by atoms with E-state index in [0.29, 0.717) is 17.7 Å². The van der Waals surface area contributed by atoms with E-state index in [9.17, 15) is 0 Å². The number of ether oxygens (including phenoxy) is 1. The van der Waals surface area contributed by atoms with Crippen molar-refractivity contribution in [2.45, 2.75) is 49.9 Å². The molecule has 0 aromatic heterocycles.